The SMILES string of the molecule is COC(=O)C[C@]12C=C[C@](CC(=O)OC)(CC1)OO2. The van der Waals surface area contributed by atoms with Gasteiger partial charge in [-0.1, -0.05) is 12.2 Å². The van der Waals surface area contributed by atoms with Crippen LogP contribution in [0.2, 0.25) is 0 Å². The third-order valence-electron chi connectivity index (χ3n) is 3.38. The molecule has 1 fully saturated rings. The Morgan fingerprint density at radius 1 is 1.00 bits per heavy atom. The first-order valence-electron chi connectivity index (χ1n) is 5.74. The van der Waals surface area contributed by atoms with E-state index in [1.807, 2.05) is 0 Å². The van der Waals surface area contributed by atoms with Gasteiger partial charge >= 0.3 is 11.9 Å². The van der Waals surface area contributed by atoms with E-state index in [4.69, 9.17) is 9.78 Å². The van der Waals surface area contributed by atoms with Crippen molar-refractivity contribution in [1.82, 2.24) is 0 Å². The predicted octanol–water partition coefficient (Wildman–Crippen LogP) is 0.902. The summed E-state index contributed by atoms with van der Waals surface area (Å²) in [6.45, 7) is 0. The minimum Gasteiger partial charge on any atom is -0.469 e. The Balaban J connectivity index is 2.07. The largest absolute Gasteiger partial charge is 0.469 e. The Bertz CT molecular complexity index is 342. The van der Waals surface area contributed by atoms with Gasteiger partial charge in [0.1, 0.15) is 11.2 Å². The summed E-state index contributed by atoms with van der Waals surface area (Å²) in [5.74, 6) is -0.712. The number of rotatable bonds is 4. The van der Waals surface area contributed by atoms with Gasteiger partial charge in [0.2, 0.25) is 0 Å². The lowest BCUT2D eigenvalue weighted by Crippen LogP contribution is -2.51. The van der Waals surface area contributed by atoms with Gasteiger partial charge in [0, 0.05) is 0 Å². The topological polar surface area (TPSA) is 71.1 Å². The fourth-order valence-electron chi connectivity index (χ4n) is 2.18. The van der Waals surface area contributed by atoms with Gasteiger partial charge < -0.3 is 9.47 Å². The van der Waals surface area contributed by atoms with Crippen molar-refractivity contribution < 1.29 is 28.8 Å². The molecule has 1 saturated heterocycles. The van der Waals surface area contributed by atoms with Gasteiger partial charge in [0.05, 0.1) is 27.1 Å². The molecule has 0 radical (unpaired) electrons. The molecule has 0 aromatic heterocycles. The predicted molar refractivity (Wildman–Crippen MR) is 59.3 cm³/mol. The summed E-state index contributed by atoms with van der Waals surface area (Å²) < 4.78 is 9.24. The maximum atomic E-state index is 11.3. The maximum absolute atomic E-state index is 11.3. The van der Waals surface area contributed by atoms with Crippen molar-refractivity contribution in [1.29, 1.82) is 0 Å². The number of fused-ring (bicyclic) bond motifs is 2. The average Bonchev–Trinajstić information content (AvgIpc) is 2.40. The summed E-state index contributed by atoms with van der Waals surface area (Å²) in [5, 5.41) is 0. The molecule has 100 valence electrons. The van der Waals surface area contributed by atoms with Gasteiger partial charge in [-0.25, -0.2) is 9.78 Å². The van der Waals surface area contributed by atoms with Crippen LogP contribution in [0.5, 0.6) is 0 Å². The van der Waals surface area contributed by atoms with E-state index in [0.717, 1.165) is 0 Å². The number of hydrogen-bond donors (Lipinski definition) is 0. The van der Waals surface area contributed by atoms with Crippen LogP contribution >= 0.6 is 0 Å². The molecule has 1 aliphatic carbocycles. The zero-order valence-electron chi connectivity index (χ0n) is 10.4. The highest BCUT2D eigenvalue weighted by Gasteiger charge is 2.50. The molecule has 0 unspecified atom stereocenters. The Morgan fingerprint density at radius 3 is 1.61 bits per heavy atom. The first-order chi connectivity index (χ1) is 8.53. The van der Waals surface area contributed by atoms with Crippen molar-refractivity contribution in [3.05, 3.63) is 12.2 Å². The number of methoxy groups -OCH3 is 2. The number of carbonyl (C=O) groups is 2. The Hall–Kier alpha value is -1.40. The normalized spacial score (nSPS) is 33.2. The minimum absolute atomic E-state index is 0.105. The Labute approximate surface area is 105 Å². The lowest BCUT2D eigenvalue weighted by molar-refractivity contribution is -0.426. The first-order valence-corrected chi connectivity index (χ1v) is 5.74. The van der Waals surface area contributed by atoms with Gasteiger partial charge in [-0.05, 0) is 12.8 Å². The third-order valence-corrected chi connectivity index (χ3v) is 3.38. The highest BCUT2D eigenvalue weighted by atomic mass is 17.2. The van der Waals surface area contributed by atoms with E-state index in [9.17, 15) is 9.59 Å². The molecule has 0 spiro atoms. The molecule has 2 atom stereocenters. The molecule has 0 saturated carbocycles. The summed E-state index contributed by atoms with van der Waals surface area (Å²) in [6.07, 6.45) is 4.98. The van der Waals surface area contributed by atoms with Crippen LogP contribution in [0.3, 0.4) is 0 Å². The number of hydrogen-bond acceptors (Lipinski definition) is 6. The standard InChI is InChI=1S/C12H16O6/c1-15-9(13)7-11-3-5-12(6-4-11,18-17-11)8-10(14)16-2/h3,5H,4,6-8H2,1-2H3/t11-,12+. The summed E-state index contributed by atoms with van der Waals surface area (Å²) in [5.41, 5.74) is -1.52. The van der Waals surface area contributed by atoms with Crippen molar-refractivity contribution >= 4 is 11.9 Å². The van der Waals surface area contributed by atoms with E-state index in [1.165, 1.54) is 14.2 Å². The second-order valence-electron chi connectivity index (χ2n) is 4.64. The molecule has 2 bridgehead atoms. The molecular formula is C12H16O6. The molecule has 0 aromatic rings. The van der Waals surface area contributed by atoms with Crippen LogP contribution in [-0.4, -0.2) is 37.4 Å². The van der Waals surface area contributed by atoms with E-state index in [0.29, 0.717) is 12.8 Å². The molecule has 2 heterocycles. The van der Waals surface area contributed by atoms with E-state index in [1.54, 1.807) is 12.2 Å². The van der Waals surface area contributed by atoms with Crippen molar-refractivity contribution in [2.75, 3.05) is 14.2 Å². The fourth-order valence-corrected chi connectivity index (χ4v) is 2.18. The summed E-state index contributed by atoms with van der Waals surface area (Å²) in [6, 6.07) is 0. The molecule has 6 nitrogen and oxygen atoms in total. The smallest absolute Gasteiger partial charge is 0.308 e. The van der Waals surface area contributed by atoms with E-state index < -0.39 is 11.2 Å². The number of carbonyl (C=O) groups excluding carboxylic acids is 2. The van der Waals surface area contributed by atoms with Gasteiger partial charge in [0.25, 0.3) is 0 Å². The van der Waals surface area contributed by atoms with Crippen molar-refractivity contribution in [3.8, 4) is 0 Å². The number of esters is 2. The van der Waals surface area contributed by atoms with Crippen molar-refractivity contribution in [3.63, 3.8) is 0 Å². The Morgan fingerprint density at radius 2 is 1.39 bits per heavy atom. The lowest BCUT2D eigenvalue weighted by atomic mass is 9.78. The van der Waals surface area contributed by atoms with Crippen LogP contribution in [0.15, 0.2) is 12.2 Å². The molecule has 18 heavy (non-hydrogen) atoms. The lowest BCUT2D eigenvalue weighted by Gasteiger charge is -2.46. The second-order valence-corrected chi connectivity index (χ2v) is 4.64. The molecule has 0 amide bonds. The summed E-state index contributed by atoms with van der Waals surface area (Å²) in [4.78, 5) is 33.2. The first kappa shape index (κ1) is 13.0. The van der Waals surface area contributed by atoms with Gasteiger partial charge in [-0.2, -0.15) is 0 Å². The van der Waals surface area contributed by atoms with Gasteiger partial charge in [-0.3, -0.25) is 9.59 Å². The molecular weight excluding hydrogens is 240 g/mol. The molecule has 2 aliphatic heterocycles. The monoisotopic (exact) mass is 256 g/mol. The van der Waals surface area contributed by atoms with Crippen molar-refractivity contribution in [2.45, 2.75) is 36.9 Å². The summed E-state index contributed by atoms with van der Waals surface area (Å²) >= 11 is 0. The molecule has 3 aliphatic rings. The van der Waals surface area contributed by atoms with E-state index in [2.05, 4.69) is 9.47 Å². The van der Waals surface area contributed by atoms with Crippen LogP contribution in [0, 0.1) is 0 Å². The maximum Gasteiger partial charge on any atom is 0.308 e. The highest BCUT2D eigenvalue weighted by Crippen LogP contribution is 2.44. The highest BCUT2D eigenvalue weighted by molar-refractivity contribution is 5.72. The van der Waals surface area contributed by atoms with Crippen LogP contribution < -0.4 is 0 Å². The molecule has 0 N–H and O–H groups in total. The molecule has 3 rings (SSSR count). The molecule has 0 aromatic carbocycles. The molecule has 6 heteroatoms. The third kappa shape index (κ3) is 2.39. The zero-order valence-corrected chi connectivity index (χ0v) is 10.4. The van der Waals surface area contributed by atoms with Crippen LogP contribution in [0.25, 0.3) is 0 Å². The Kier molecular flexibility index (Phi) is 3.41. The van der Waals surface area contributed by atoms with E-state index >= 15 is 0 Å². The fraction of sp³-hybridized carbons (Fsp3) is 0.667. The average molecular weight is 256 g/mol. The zero-order chi connectivity index (χ0) is 13.2. The van der Waals surface area contributed by atoms with Crippen LogP contribution in [0.4, 0.5) is 0 Å². The number of ether oxygens (including phenoxy) is 2. The van der Waals surface area contributed by atoms with Gasteiger partial charge in [-0.15, -0.1) is 0 Å². The quantitative estimate of drug-likeness (QED) is 0.423. The van der Waals surface area contributed by atoms with Crippen LogP contribution in [0.1, 0.15) is 25.7 Å². The van der Waals surface area contributed by atoms with Crippen molar-refractivity contribution in [2.24, 2.45) is 0 Å². The minimum atomic E-state index is -0.759. The van der Waals surface area contributed by atoms with Gasteiger partial charge in [0.15, 0.2) is 0 Å². The summed E-state index contributed by atoms with van der Waals surface area (Å²) in [7, 11) is 2.66. The van der Waals surface area contributed by atoms with Crippen LogP contribution in [-0.2, 0) is 28.8 Å². The second kappa shape index (κ2) is 4.70. The van der Waals surface area contributed by atoms with E-state index in [-0.39, 0.29) is 24.8 Å².